The zero-order chi connectivity index (χ0) is 13.7. The van der Waals surface area contributed by atoms with E-state index >= 15 is 0 Å². The van der Waals surface area contributed by atoms with Gasteiger partial charge in [0, 0.05) is 6.07 Å². The number of hydrogen-bond acceptors (Lipinski definition) is 3. The minimum absolute atomic E-state index is 0.132. The van der Waals surface area contributed by atoms with Crippen molar-refractivity contribution in [3.05, 3.63) is 30.1 Å². The molecule has 19 heavy (non-hydrogen) atoms. The van der Waals surface area contributed by atoms with Crippen molar-refractivity contribution >= 4 is 5.91 Å². The highest BCUT2D eigenvalue weighted by Gasteiger charge is 2.30. The monoisotopic (exact) mass is 267 g/mol. The summed E-state index contributed by atoms with van der Waals surface area (Å²) in [5.74, 6) is -0.340. The van der Waals surface area contributed by atoms with Gasteiger partial charge in [0.2, 0.25) is 5.91 Å². The third-order valence-electron chi connectivity index (χ3n) is 3.28. The number of aliphatic hydroxyl groups is 1. The highest BCUT2D eigenvalue weighted by molar-refractivity contribution is 5.79. The van der Waals surface area contributed by atoms with Gasteiger partial charge in [0.05, 0.1) is 18.6 Å². The fraction of sp³-hybridized carbons (Fsp3) is 0.500. The van der Waals surface area contributed by atoms with Crippen LogP contribution in [-0.4, -0.2) is 30.3 Å². The van der Waals surface area contributed by atoms with E-state index in [0.717, 1.165) is 12.8 Å². The van der Waals surface area contributed by atoms with Gasteiger partial charge in [-0.25, -0.2) is 4.39 Å². The molecule has 0 spiro atoms. The summed E-state index contributed by atoms with van der Waals surface area (Å²) in [6.07, 6.45) is 1.79. The summed E-state index contributed by atoms with van der Waals surface area (Å²) < 4.78 is 18.2. The first-order valence-corrected chi connectivity index (χ1v) is 6.51. The molecule has 5 heteroatoms. The molecule has 1 saturated carbocycles. The van der Waals surface area contributed by atoms with E-state index in [1.165, 1.54) is 12.1 Å². The second kappa shape index (κ2) is 6.52. The predicted octanol–water partition coefficient (Wildman–Crippen LogP) is 1.48. The minimum Gasteiger partial charge on any atom is -0.492 e. The van der Waals surface area contributed by atoms with E-state index in [2.05, 4.69) is 5.32 Å². The number of carbonyl (C=O) groups is 1. The summed E-state index contributed by atoms with van der Waals surface area (Å²) in [4.78, 5) is 11.7. The second-order valence-electron chi connectivity index (χ2n) is 4.70. The molecule has 104 valence electrons. The molecule has 0 aromatic heterocycles. The summed E-state index contributed by atoms with van der Waals surface area (Å²) in [5.41, 5.74) is 0. The summed E-state index contributed by atoms with van der Waals surface area (Å²) >= 11 is 0. The number of halogens is 1. The molecule has 1 aliphatic rings. The van der Waals surface area contributed by atoms with Crippen LogP contribution in [0.5, 0.6) is 5.75 Å². The number of rotatable bonds is 5. The van der Waals surface area contributed by atoms with E-state index in [4.69, 9.17) is 4.74 Å². The maximum Gasteiger partial charge on any atom is 0.225 e. The maximum absolute atomic E-state index is 12.9. The molecular formula is C14H18FNO3. The van der Waals surface area contributed by atoms with Gasteiger partial charge < -0.3 is 15.2 Å². The molecule has 2 atom stereocenters. The van der Waals surface area contributed by atoms with Gasteiger partial charge in [-0.15, -0.1) is 0 Å². The van der Waals surface area contributed by atoms with Crippen LogP contribution in [-0.2, 0) is 4.79 Å². The first-order chi connectivity index (χ1) is 9.16. The number of nitrogens with one attached hydrogen (secondary N) is 1. The van der Waals surface area contributed by atoms with Crippen molar-refractivity contribution in [1.82, 2.24) is 5.32 Å². The average molecular weight is 267 g/mol. The summed E-state index contributed by atoms with van der Waals surface area (Å²) in [7, 11) is 0. The molecule has 0 aliphatic heterocycles. The lowest BCUT2D eigenvalue weighted by molar-refractivity contribution is -0.127. The van der Waals surface area contributed by atoms with Crippen molar-refractivity contribution in [2.24, 2.45) is 5.92 Å². The van der Waals surface area contributed by atoms with Gasteiger partial charge >= 0.3 is 0 Å². The van der Waals surface area contributed by atoms with Gasteiger partial charge in [-0.05, 0) is 31.4 Å². The highest BCUT2D eigenvalue weighted by atomic mass is 19.1. The van der Waals surface area contributed by atoms with E-state index in [1.54, 1.807) is 12.1 Å². The van der Waals surface area contributed by atoms with Crippen LogP contribution >= 0.6 is 0 Å². The van der Waals surface area contributed by atoms with Crippen molar-refractivity contribution in [3.63, 3.8) is 0 Å². The Morgan fingerprint density at radius 2 is 2.32 bits per heavy atom. The Morgan fingerprint density at radius 3 is 3.00 bits per heavy atom. The molecule has 2 N–H and O–H groups in total. The van der Waals surface area contributed by atoms with Crippen molar-refractivity contribution in [2.75, 3.05) is 13.2 Å². The van der Waals surface area contributed by atoms with Crippen LogP contribution in [0.3, 0.4) is 0 Å². The summed E-state index contributed by atoms with van der Waals surface area (Å²) in [6.45, 7) is 0.622. The normalized spacial score (nSPS) is 22.2. The molecule has 1 aliphatic carbocycles. The van der Waals surface area contributed by atoms with Crippen LogP contribution in [0.25, 0.3) is 0 Å². The molecule has 2 unspecified atom stereocenters. The van der Waals surface area contributed by atoms with Crippen LogP contribution < -0.4 is 10.1 Å². The fourth-order valence-electron chi connectivity index (χ4n) is 2.28. The average Bonchev–Trinajstić information content (AvgIpc) is 2.81. The summed E-state index contributed by atoms with van der Waals surface area (Å²) in [5, 5.41) is 12.3. The van der Waals surface area contributed by atoms with Gasteiger partial charge in [-0.2, -0.15) is 0 Å². The Balaban J connectivity index is 1.68. The van der Waals surface area contributed by atoms with Crippen LogP contribution in [0.1, 0.15) is 19.3 Å². The molecule has 2 rings (SSSR count). The van der Waals surface area contributed by atoms with Crippen molar-refractivity contribution in [3.8, 4) is 5.75 Å². The topological polar surface area (TPSA) is 58.6 Å². The van der Waals surface area contributed by atoms with Gasteiger partial charge in [0.25, 0.3) is 0 Å². The Labute approximate surface area is 111 Å². The lowest BCUT2D eigenvalue weighted by Crippen LogP contribution is -2.36. The van der Waals surface area contributed by atoms with Gasteiger partial charge in [-0.1, -0.05) is 6.07 Å². The maximum atomic E-state index is 12.9. The fourth-order valence-corrected chi connectivity index (χ4v) is 2.28. The molecule has 1 aromatic carbocycles. The first kappa shape index (κ1) is 13.8. The third-order valence-corrected chi connectivity index (χ3v) is 3.28. The van der Waals surface area contributed by atoms with Gasteiger partial charge in [-0.3, -0.25) is 4.79 Å². The quantitative estimate of drug-likeness (QED) is 0.794. The van der Waals surface area contributed by atoms with E-state index in [-0.39, 0.29) is 24.2 Å². The molecule has 0 saturated heterocycles. The zero-order valence-electron chi connectivity index (χ0n) is 10.6. The number of hydrogen-bond donors (Lipinski definition) is 2. The number of carbonyl (C=O) groups excluding carboxylic acids is 1. The van der Waals surface area contributed by atoms with E-state index in [1.807, 2.05) is 0 Å². The number of aliphatic hydroxyl groups excluding tert-OH is 1. The minimum atomic E-state index is -0.524. The second-order valence-corrected chi connectivity index (χ2v) is 4.70. The lowest BCUT2D eigenvalue weighted by Gasteiger charge is -2.14. The van der Waals surface area contributed by atoms with E-state index in [9.17, 15) is 14.3 Å². The van der Waals surface area contributed by atoms with Crippen LogP contribution in [0.15, 0.2) is 24.3 Å². The van der Waals surface area contributed by atoms with Gasteiger partial charge in [0.15, 0.2) is 0 Å². The van der Waals surface area contributed by atoms with Crippen molar-refractivity contribution in [1.29, 1.82) is 0 Å². The van der Waals surface area contributed by atoms with Crippen LogP contribution in [0, 0.1) is 11.7 Å². The standard InChI is InChI=1S/C14H18FNO3/c15-10-3-1-4-11(9-10)19-8-7-16-14(18)12-5-2-6-13(12)17/h1,3-4,9,12-13,17H,2,5-8H2,(H,16,18). The Bertz CT molecular complexity index is 438. The summed E-state index contributed by atoms with van der Waals surface area (Å²) in [6, 6.07) is 5.86. The molecule has 4 nitrogen and oxygen atoms in total. The van der Waals surface area contributed by atoms with Gasteiger partial charge in [0.1, 0.15) is 18.2 Å². The number of amides is 1. The lowest BCUT2D eigenvalue weighted by atomic mass is 10.1. The Hall–Kier alpha value is -1.62. The van der Waals surface area contributed by atoms with Crippen molar-refractivity contribution in [2.45, 2.75) is 25.4 Å². The Morgan fingerprint density at radius 1 is 1.47 bits per heavy atom. The van der Waals surface area contributed by atoms with Crippen molar-refractivity contribution < 1.29 is 19.0 Å². The third kappa shape index (κ3) is 3.92. The molecule has 0 heterocycles. The van der Waals surface area contributed by atoms with Crippen LogP contribution in [0.2, 0.25) is 0 Å². The molecule has 1 fully saturated rings. The van der Waals surface area contributed by atoms with E-state index in [0.29, 0.717) is 18.7 Å². The zero-order valence-corrected chi connectivity index (χ0v) is 10.6. The Kier molecular flexibility index (Phi) is 4.74. The van der Waals surface area contributed by atoms with Crippen LogP contribution in [0.4, 0.5) is 4.39 Å². The predicted molar refractivity (Wildman–Crippen MR) is 68.3 cm³/mol. The highest BCUT2D eigenvalue weighted by Crippen LogP contribution is 2.25. The molecule has 1 aromatic rings. The molecule has 0 radical (unpaired) electrons. The van der Waals surface area contributed by atoms with E-state index < -0.39 is 6.10 Å². The number of benzene rings is 1. The number of ether oxygens (including phenoxy) is 1. The molecular weight excluding hydrogens is 249 g/mol. The molecule has 0 bridgehead atoms. The SMILES string of the molecule is O=C(NCCOc1cccc(F)c1)C1CCCC1O. The molecule has 1 amide bonds. The largest absolute Gasteiger partial charge is 0.492 e. The first-order valence-electron chi connectivity index (χ1n) is 6.51. The smallest absolute Gasteiger partial charge is 0.225 e.